The SMILES string of the molecule is Cc1ccc(I)cc1N1CC(=O)NC(C)C1=O. The Hall–Kier alpha value is -1.11. The van der Waals surface area contributed by atoms with Crippen LogP contribution in [0, 0.1) is 10.5 Å². The molecule has 4 nitrogen and oxygen atoms in total. The maximum absolute atomic E-state index is 12.0. The monoisotopic (exact) mass is 344 g/mol. The van der Waals surface area contributed by atoms with Crippen LogP contribution in [-0.2, 0) is 9.59 Å². The van der Waals surface area contributed by atoms with E-state index in [0.717, 1.165) is 14.8 Å². The number of piperazine rings is 1. The highest BCUT2D eigenvalue weighted by Gasteiger charge is 2.31. The Morgan fingerprint density at radius 2 is 2.12 bits per heavy atom. The van der Waals surface area contributed by atoms with Gasteiger partial charge in [0.05, 0.1) is 0 Å². The number of aryl methyl sites for hydroxylation is 1. The van der Waals surface area contributed by atoms with Crippen LogP contribution in [-0.4, -0.2) is 24.4 Å². The van der Waals surface area contributed by atoms with Gasteiger partial charge in [-0.05, 0) is 54.1 Å². The highest BCUT2D eigenvalue weighted by Crippen LogP contribution is 2.24. The van der Waals surface area contributed by atoms with Gasteiger partial charge in [-0.3, -0.25) is 9.59 Å². The van der Waals surface area contributed by atoms with Crippen molar-refractivity contribution in [3.8, 4) is 0 Å². The summed E-state index contributed by atoms with van der Waals surface area (Å²) in [6.45, 7) is 3.75. The van der Waals surface area contributed by atoms with Gasteiger partial charge in [0, 0.05) is 9.26 Å². The molecule has 1 saturated heterocycles. The van der Waals surface area contributed by atoms with Crippen molar-refractivity contribution in [1.29, 1.82) is 0 Å². The van der Waals surface area contributed by atoms with Gasteiger partial charge >= 0.3 is 0 Å². The lowest BCUT2D eigenvalue weighted by Gasteiger charge is -2.31. The van der Waals surface area contributed by atoms with E-state index in [2.05, 4.69) is 27.9 Å². The van der Waals surface area contributed by atoms with Gasteiger partial charge in [0.25, 0.3) is 0 Å². The van der Waals surface area contributed by atoms with E-state index >= 15 is 0 Å². The average Bonchev–Trinajstić information content (AvgIpc) is 2.27. The molecule has 2 amide bonds. The van der Waals surface area contributed by atoms with Crippen LogP contribution in [0.5, 0.6) is 0 Å². The summed E-state index contributed by atoms with van der Waals surface area (Å²) in [6.07, 6.45) is 0. The topological polar surface area (TPSA) is 49.4 Å². The smallest absolute Gasteiger partial charge is 0.249 e. The predicted octanol–water partition coefficient (Wildman–Crippen LogP) is 1.45. The quantitative estimate of drug-likeness (QED) is 0.784. The number of carbonyl (C=O) groups is 2. The van der Waals surface area contributed by atoms with Crippen molar-refractivity contribution in [3.63, 3.8) is 0 Å². The summed E-state index contributed by atoms with van der Waals surface area (Å²) in [5, 5.41) is 2.63. The normalized spacial score (nSPS) is 20.4. The molecule has 1 aromatic rings. The maximum atomic E-state index is 12.0. The minimum atomic E-state index is -0.450. The highest BCUT2D eigenvalue weighted by molar-refractivity contribution is 14.1. The summed E-state index contributed by atoms with van der Waals surface area (Å²) in [5.41, 5.74) is 1.82. The first-order valence-electron chi connectivity index (χ1n) is 5.36. The fourth-order valence-electron chi connectivity index (χ4n) is 1.88. The predicted molar refractivity (Wildman–Crippen MR) is 73.9 cm³/mol. The zero-order valence-corrected chi connectivity index (χ0v) is 11.8. The molecule has 0 bridgehead atoms. The van der Waals surface area contributed by atoms with Crippen LogP contribution in [0.1, 0.15) is 12.5 Å². The molecule has 0 aliphatic carbocycles. The zero-order chi connectivity index (χ0) is 12.6. The standard InChI is InChI=1S/C12H13IN2O2/c1-7-3-4-9(13)5-10(7)15-6-11(16)14-8(2)12(15)17/h3-5,8H,6H2,1-2H3,(H,14,16). The van der Waals surface area contributed by atoms with Gasteiger partial charge in [0.15, 0.2) is 0 Å². The van der Waals surface area contributed by atoms with Crippen molar-refractivity contribution < 1.29 is 9.59 Å². The second kappa shape index (κ2) is 4.64. The Bertz CT molecular complexity index is 487. The molecule has 90 valence electrons. The number of rotatable bonds is 1. The van der Waals surface area contributed by atoms with E-state index in [9.17, 15) is 9.59 Å². The number of amides is 2. The number of hydrogen-bond acceptors (Lipinski definition) is 2. The van der Waals surface area contributed by atoms with Gasteiger partial charge in [-0.25, -0.2) is 0 Å². The van der Waals surface area contributed by atoms with E-state index in [0.29, 0.717) is 0 Å². The van der Waals surface area contributed by atoms with E-state index < -0.39 is 6.04 Å². The number of carbonyl (C=O) groups excluding carboxylic acids is 2. The van der Waals surface area contributed by atoms with Gasteiger partial charge in [0.2, 0.25) is 11.8 Å². The number of hydrogen-bond donors (Lipinski definition) is 1. The Morgan fingerprint density at radius 3 is 2.82 bits per heavy atom. The summed E-state index contributed by atoms with van der Waals surface area (Å²) in [4.78, 5) is 25.1. The maximum Gasteiger partial charge on any atom is 0.249 e. The number of benzene rings is 1. The van der Waals surface area contributed by atoms with Gasteiger partial charge in [-0.15, -0.1) is 0 Å². The molecule has 1 aliphatic rings. The second-order valence-electron chi connectivity index (χ2n) is 4.14. The minimum absolute atomic E-state index is 0.0605. The van der Waals surface area contributed by atoms with E-state index in [1.54, 1.807) is 11.8 Å². The van der Waals surface area contributed by atoms with Crippen molar-refractivity contribution in [2.24, 2.45) is 0 Å². The Labute approximate surface area is 114 Å². The molecule has 1 fully saturated rings. The van der Waals surface area contributed by atoms with E-state index in [1.807, 2.05) is 25.1 Å². The molecule has 0 aromatic heterocycles. The molecule has 2 rings (SSSR count). The Morgan fingerprint density at radius 1 is 1.41 bits per heavy atom. The number of halogens is 1. The van der Waals surface area contributed by atoms with Crippen molar-refractivity contribution in [2.75, 3.05) is 11.4 Å². The molecule has 5 heteroatoms. The van der Waals surface area contributed by atoms with Crippen LogP contribution in [0.2, 0.25) is 0 Å². The minimum Gasteiger partial charge on any atom is -0.343 e. The number of nitrogens with zero attached hydrogens (tertiary/aromatic N) is 1. The Kier molecular flexibility index (Phi) is 3.37. The van der Waals surface area contributed by atoms with Gasteiger partial charge < -0.3 is 10.2 Å². The van der Waals surface area contributed by atoms with Crippen molar-refractivity contribution in [1.82, 2.24) is 5.32 Å². The second-order valence-corrected chi connectivity index (χ2v) is 5.39. The summed E-state index contributed by atoms with van der Waals surface area (Å²) in [5.74, 6) is -0.176. The van der Waals surface area contributed by atoms with Crippen LogP contribution in [0.15, 0.2) is 18.2 Å². The lowest BCUT2D eigenvalue weighted by molar-refractivity contribution is -0.130. The van der Waals surface area contributed by atoms with Crippen LogP contribution >= 0.6 is 22.6 Å². The van der Waals surface area contributed by atoms with Gasteiger partial charge in [0.1, 0.15) is 12.6 Å². The molecular weight excluding hydrogens is 331 g/mol. The van der Waals surface area contributed by atoms with Crippen molar-refractivity contribution in [2.45, 2.75) is 19.9 Å². The molecule has 0 spiro atoms. The lowest BCUT2D eigenvalue weighted by atomic mass is 10.1. The molecule has 1 atom stereocenters. The van der Waals surface area contributed by atoms with Crippen molar-refractivity contribution >= 4 is 40.1 Å². The number of anilines is 1. The van der Waals surface area contributed by atoms with Crippen LogP contribution < -0.4 is 10.2 Å². The highest BCUT2D eigenvalue weighted by atomic mass is 127. The van der Waals surface area contributed by atoms with E-state index in [1.165, 1.54) is 0 Å². The summed E-state index contributed by atoms with van der Waals surface area (Å²) in [6, 6.07) is 5.42. The van der Waals surface area contributed by atoms with Crippen molar-refractivity contribution in [3.05, 3.63) is 27.3 Å². The summed E-state index contributed by atoms with van der Waals surface area (Å²) < 4.78 is 1.05. The van der Waals surface area contributed by atoms with E-state index in [4.69, 9.17) is 0 Å². The summed E-state index contributed by atoms with van der Waals surface area (Å²) >= 11 is 2.20. The molecule has 1 aromatic carbocycles. The first-order chi connectivity index (χ1) is 7.99. The zero-order valence-electron chi connectivity index (χ0n) is 9.66. The molecule has 1 heterocycles. The van der Waals surface area contributed by atoms with Gasteiger partial charge in [-0.2, -0.15) is 0 Å². The largest absolute Gasteiger partial charge is 0.343 e. The number of nitrogens with one attached hydrogen (secondary N) is 1. The van der Waals surface area contributed by atoms with Crippen LogP contribution in [0.3, 0.4) is 0 Å². The molecule has 1 N–H and O–H groups in total. The third-order valence-electron chi connectivity index (χ3n) is 2.78. The van der Waals surface area contributed by atoms with Crippen LogP contribution in [0.25, 0.3) is 0 Å². The molecule has 17 heavy (non-hydrogen) atoms. The first kappa shape index (κ1) is 12.3. The third kappa shape index (κ3) is 2.43. The molecule has 0 radical (unpaired) electrons. The lowest BCUT2D eigenvalue weighted by Crippen LogP contribution is -2.57. The molecule has 1 aliphatic heterocycles. The van der Waals surface area contributed by atoms with Crippen LogP contribution in [0.4, 0.5) is 5.69 Å². The van der Waals surface area contributed by atoms with E-state index in [-0.39, 0.29) is 18.4 Å². The summed E-state index contributed by atoms with van der Waals surface area (Å²) in [7, 11) is 0. The fourth-order valence-corrected chi connectivity index (χ4v) is 2.36. The molecular formula is C12H13IN2O2. The first-order valence-corrected chi connectivity index (χ1v) is 6.44. The molecule has 0 saturated carbocycles. The fraction of sp³-hybridized carbons (Fsp3) is 0.333. The Balaban J connectivity index is 2.41. The third-order valence-corrected chi connectivity index (χ3v) is 3.45. The van der Waals surface area contributed by atoms with Gasteiger partial charge in [-0.1, -0.05) is 6.07 Å². The molecule has 1 unspecified atom stereocenters. The average molecular weight is 344 g/mol.